The first-order valence-corrected chi connectivity index (χ1v) is 18.5. The maximum Gasteiger partial charge on any atom is 0.294 e. The minimum absolute atomic E-state index is 0.0608. The molecule has 0 aromatic heterocycles. The first kappa shape index (κ1) is 38.9. The van der Waals surface area contributed by atoms with Gasteiger partial charge in [-0.1, -0.05) is 35.8 Å². The van der Waals surface area contributed by atoms with Crippen molar-refractivity contribution < 1.29 is 51.7 Å². The molecule has 0 unspecified atom stereocenters. The predicted molar refractivity (Wildman–Crippen MR) is 173 cm³/mol. The number of unbranched alkanes of at least 4 members (excludes halogenated alkanes) is 6. The summed E-state index contributed by atoms with van der Waals surface area (Å²) in [6.45, 7) is 10.2. The maximum absolute atomic E-state index is 11.6. The number of hydrogen-bond donors (Lipinski definition) is 3. The summed E-state index contributed by atoms with van der Waals surface area (Å²) in [4.78, 5) is 1.13. The Bertz CT molecular complexity index is 1270. The number of hydrogen-bond acceptors (Lipinski definition) is 13. The van der Waals surface area contributed by atoms with Crippen molar-refractivity contribution in [2.24, 2.45) is 0 Å². The molecule has 0 saturated carbocycles. The van der Waals surface area contributed by atoms with Crippen LogP contribution in [0.25, 0.3) is 0 Å². The van der Waals surface area contributed by atoms with E-state index in [1.807, 2.05) is 32.5 Å². The van der Waals surface area contributed by atoms with Crippen molar-refractivity contribution in [3.05, 3.63) is 39.9 Å². The Morgan fingerprint density at radius 1 is 0.659 bits per heavy atom. The molecule has 2 aromatic carbocycles. The van der Waals surface area contributed by atoms with Crippen LogP contribution in [-0.4, -0.2) is 48.2 Å². The Hall–Kier alpha value is -1.24. The molecule has 15 heteroatoms. The lowest BCUT2D eigenvalue weighted by Gasteiger charge is -2.17. The fourth-order valence-corrected chi connectivity index (χ4v) is 7.79. The molecule has 0 aliphatic rings. The summed E-state index contributed by atoms with van der Waals surface area (Å²) in [7, 11) is -4.25. The van der Waals surface area contributed by atoms with E-state index < -0.39 is 10.1 Å². The Balaban J connectivity index is 1.55. The number of rotatable bonds is 23. The molecule has 0 bridgehead atoms. The van der Waals surface area contributed by atoms with Gasteiger partial charge in [0.05, 0.1) is 52.0 Å². The van der Waals surface area contributed by atoms with E-state index in [1.54, 1.807) is 19.9 Å². The summed E-state index contributed by atoms with van der Waals surface area (Å²) >= 11 is 3.57. The molecule has 0 spiro atoms. The molecule has 2 aromatic rings. The number of aryl methyl sites for hydroxylation is 2. The normalized spacial score (nSPS) is 11.7. The Morgan fingerprint density at radius 2 is 1.16 bits per heavy atom. The fraction of sp³-hybridized carbons (Fsp3) is 0.586. The third-order valence-electron chi connectivity index (χ3n) is 7.03. The number of thioether (sulfide) groups is 1. The summed E-state index contributed by atoms with van der Waals surface area (Å²) in [5.41, 5.74) is 3.64. The largest absolute Gasteiger partial charge is 0.493 e. The van der Waals surface area contributed by atoms with Crippen LogP contribution in [0.5, 0.6) is 11.5 Å². The molecule has 0 radical (unpaired) electrons. The highest BCUT2D eigenvalue weighted by Gasteiger charge is 2.20. The molecule has 0 aliphatic heterocycles. The van der Waals surface area contributed by atoms with E-state index >= 15 is 0 Å². The van der Waals surface area contributed by atoms with Gasteiger partial charge in [-0.3, -0.25) is 4.55 Å². The van der Waals surface area contributed by atoms with Gasteiger partial charge in [0.2, 0.25) is 0 Å². The monoisotopic (exact) mass is 696 g/mol. The molecule has 2 rings (SSSR count). The van der Waals surface area contributed by atoms with E-state index in [9.17, 15) is 13.0 Å². The second-order valence-electron chi connectivity index (χ2n) is 10.3. The highest BCUT2D eigenvalue weighted by molar-refractivity contribution is 7.99. The van der Waals surface area contributed by atoms with Crippen molar-refractivity contribution in [3.63, 3.8) is 0 Å². The summed E-state index contributed by atoms with van der Waals surface area (Å²) < 4.78 is 53.7. The van der Waals surface area contributed by atoms with Gasteiger partial charge in [0.15, 0.2) is 0 Å². The molecule has 11 nitrogen and oxygen atoms in total. The minimum atomic E-state index is -4.25. The second-order valence-corrected chi connectivity index (χ2v) is 14.4. The van der Waals surface area contributed by atoms with Crippen LogP contribution in [0.4, 0.5) is 0 Å². The first-order chi connectivity index (χ1) is 21.0. The van der Waals surface area contributed by atoms with Gasteiger partial charge in [-0.2, -0.15) is 20.2 Å². The van der Waals surface area contributed by atoms with E-state index in [4.69, 9.17) is 20.0 Å². The molecule has 0 atom stereocenters. The van der Waals surface area contributed by atoms with Crippen LogP contribution in [0.1, 0.15) is 79.2 Å². The minimum Gasteiger partial charge on any atom is -0.493 e. The van der Waals surface area contributed by atoms with Gasteiger partial charge in [-0.25, -0.2) is 10.5 Å². The van der Waals surface area contributed by atoms with Gasteiger partial charge in [-0.15, -0.1) is 8.67 Å². The number of ether oxygens (including phenoxy) is 2. The molecule has 0 fully saturated rings. The lowest BCUT2D eigenvalue weighted by Crippen LogP contribution is -2.07. The van der Waals surface area contributed by atoms with Crippen LogP contribution in [0.3, 0.4) is 0 Å². The van der Waals surface area contributed by atoms with Crippen LogP contribution in [0.15, 0.2) is 26.8 Å². The summed E-state index contributed by atoms with van der Waals surface area (Å²) in [5.74, 6) is 3.71. The van der Waals surface area contributed by atoms with Gasteiger partial charge in [-0.05, 0) is 106 Å². The topological polar surface area (TPSA) is 150 Å². The van der Waals surface area contributed by atoms with Crippen LogP contribution >= 0.6 is 35.8 Å². The molecule has 250 valence electrons. The van der Waals surface area contributed by atoms with E-state index in [2.05, 4.69) is 18.7 Å². The van der Waals surface area contributed by atoms with Crippen molar-refractivity contribution in [3.8, 4) is 11.5 Å². The molecular formula is C29H44O11S4. The summed E-state index contributed by atoms with van der Waals surface area (Å²) in [5, 5.41) is 24.4. The summed E-state index contributed by atoms with van der Waals surface area (Å²) in [6, 6.07) is 3.27. The van der Waals surface area contributed by atoms with E-state index in [-0.39, 0.29) is 4.90 Å². The Kier molecular flexibility index (Phi) is 18.4. The molecule has 44 heavy (non-hydrogen) atoms. The second kappa shape index (κ2) is 20.8. The fourth-order valence-electron chi connectivity index (χ4n) is 4.68. The standard InChI is InChI=1S/C29H44O11S4/c1-20-18-25(42-39-37-30)29(43-40-38-31)24(5)28(20)36-15-11-7-9-13-17-41-16-12-8-6-10-14-35-27-21(2)19-26(44(32,33)34)22(3)23(27)4/h18-19,30-31H,6-17H2,1-5H3,(H,32,33,34). The highest BCUT2D eigenvalue weighted by Crippen LogP contribution is 2.41. The molecule has 0 aliphatic carbocycles. The van der Waals surface area contributed by atoms with Crippen LogP contribution in [0.2, 0.25) is 0 Å². The quantitative estimate of drug-likeness (QED) is 0.0334. The van der Waals surface area contributed by atoms with Gasteiger partial charge in [0.25, 0.3) is 10.1 Å². The molecule has 3 N–H and O–H groups in total. The van der Waals surface area contributed by atoms with Crippen molar-refractivity contribution in [1.29, 1.82) is 0 Å². The number of benzene rings is 2. The zero-order valence-electron chi connectivity index (χ0n) is 25.9. The lowest BCUT2D eigenvalue weighted by atomic mass is 10.1. The van der Waals surface area contributed by atoms with Gasteiger partial charge in [0, 0.05) is 5.56 Å². The summed E-state index contributed by atoms with van der Waals surface area (Å²) in [6.07, 6.45) is 8.66. The van der Waals surface area contributed by atoms with Crippen molar-refractivity contribution in [2.75, 3.05) is 24.7 Å². The maximum atomic E-state index is 11.6. The first-order valence-electron chi connectivity index (χ1n) is 14.4. The van der Waals surface area contributed by atoms with Crippen LogP contribution in [0, 0.1) is 34.6 Å². The third-order valence-corrected chi connectivity index (χ3v) is 10.7. The highest BCUT2D eigenvalue weighted by atomic mass is 32.2. The zero-order valence-corrected chi connectivity index (χ0v) is 29.1. The van der Waals surface area contributed by atoms with Crippen LogP contribution < -0.4 is 9.47 Å². The average Bonchev–Trinajstić information content (AvgIpc) is 2.97. The Labute approximate surface area is 273 Å². The molecule has 0 amide bonds. The van der Waals surface area contributed by atoms with E-state index in [0.717, 1.165) is 96.6 Å². The average molecular weight is 697 g/mol. The van der Waals surface area contributed by atoms with Gasteiger partial charge in [0.1, 0.15) is 11.5 Å². The third kappa shape index (κ3) is 12.9. The zero-order chi connectivity index (χ0) is 32.5. The predicted octanol–water partition coefficient (Wildman–Crippen LogP) is 8.64. The van der Waals surface area contributed by atoms with Crippen molar-refractivity contribution in [1.82, 2.24) is 0 Å². The molecule has 0 saturated heterocycles. The smallest absolute Gasteiger partial charge is 0.294 e. The van der Waals surface area contributed by atoms with Crippen molar-refractivity contribution >= 4 is 46.0 Å². The SMILES string of the molecule is Cc1cc(S(=O)(=O)O)c(C)c(C)c1OCCCCCCSCCCCCCOc1c(C)cc(SOOO)c(SOOO)c1C. The van der Waals surface area contributed by atoms with Crippen LogP contribution in [-0.2, 0) is 28.9 Å². The molecular weight excluding hydrogens is 653 g/mol. The Morgan fingerprint density at radius 3 is 1.70 bits per heavy atom. The van der Waals surface area contributed by atoms with E-state index in [0.29, 0.717) is 39.9 Å². The van der Waals surface area contributed by atoms with Gasteiger partial charge >= 0.3 is 0 Å². The molecule has 0 heterocycles. The van der Waals surface area contributed by atoms with E-state index in [1.165, 1.54) is 18.9 Å². The lowest BCUT2D eigenvalue weighted by molar-refractivity contribution is -0.432. The van der Waals surface area contributed by atoms with Crippen molar-refractivity contribution in [2.45, 2.75) is 101 Å². The van der Waals surface area contributed by atoms with Gasteiger partial charge < -0.3 is 9.47 Å².